The van der Waals surface area contributed by atoms with Gasteiger partial charge in [0, 0.05) is 36.5 Å². The molecule has 192 valence electrons. The van der Waals surface area contributed by atoms with Gasteiger partial charge in [0.05, 0.1) is 14.2 Å². The molecular weight excluding hydrogens is 490 g/mol. The average Bonchev–Trinajstić information content (AvgIpc) is 3.41. The average molecular weight is 520 g/mol. The first kappa shape index (κ1) is 26.2. The standard InChI is InChI=1S/C29H30ClN3O4/c1-35-25-13-11-22(19-26(25)36-2)15-17-33(28(34)14-12-21-7-4-3-5-8-21)18-16-27-31-29(32-37-27)23-9-6-10-24(30)20-23/h3-11,13,19-20H,12,14-18H2,1-2H3. The van der Waals surface area contributed by atoms with Crippen LogP contribution in [0.15, 0.2) is 77.3 Å². The molecule has 4 aromatic rings. The molecule has 0 aliphatic heterocycles. The molecule has 0 N–H and O–H groups in total. The fourth-order valence-electron chi connectivity index (χ4n) is 4.05. The Morgan fingerprint density at radius 1 is 0.865 bits per heavy atom. The number of nitrogens with zero attached hydrogens (tertiary/aromatic N) is 3. The molecule has 1 aromatic heterocycles. The Morgan fingerprint density at radius 3 is 2.41 bits per heavy atom. The summed E-state index contributed by atoms with van der Waals surface area (Å²) in [5.74, 6) is 2.38. The van der Waals surface area contributed by atoms with Gasteiger partial charge < -0.3 is 18.9 Å². The quantitative estimate of drug-likeness (QED) is 0.240. The number of amides is 1. The number of methoxy groups -OCH3 is 2. The predicted molar refractivity (Wildman–Crippen MR) is 143 cm³/mol. The Hall–Kier alpha value is -3.84. The van der Waals surface area contributed by atoms with E-state index < -0.39 is 0 Å². The van der Waals surface area contributed by atoms with Gasteiger partial charge in [-0.05, 0) is 48.2 Å². The van der Waals surface area contributed by atoms with Gasteiger partial charge in [-0.15, -0.1) is 0 Å². The third-order valence-electron chi connectivity index (χ3n) is 6.09. The van der Waals surface area contributed by atoms with Crippen LogP contribution in [0.4, 0.5) is 0 Å². The fraction of sp³-hybridized carbons (Fsp3) is 0.276. The lowest BCUT2D eigenvalue weighted by molar-refractivity contribution is -0.131. The Labute approximate surface area is 222 Å². The van der Waals surface area contributed by atoms with Crippen LogP contribution in [-0.2, 0) is 24.1 Å². The minimum atomic E-state index is 0.0823. The van der Waals surface area contributed by atoms with Crippen LogP contribution >= 0.6 is 11.6 Å². The molecule has 0 aliphatic rings. The van der Waals surface area contributed by atoms with Gasteiger partial charge in [-0.25, -0.2) is 0 Å². The molecule has 37 heavy (non-hydrogen) atoms. The first-order valence-corrected chi connectivity index (χ1v) is 12.5. The predicted octanol–water partition coefficient (Wildman–Crippen LogP) is 5.65. The number of carbonyl (C=O) groups is 1. The van der Waals surface area contributed by atoms with Gasteiger partial charge in [-0.3, -0.25) is 4.79 Å². The van der Waals surface area contributed by atoms with Crippen LogP contribution in [-0.4, -0.2) is 48.3 Å². The van der Waals surface area contributed by atoms with E-state index in [0.29, 0.717) is 67.0 Å². The maximum atomic E-state index is 13.2. The van der Waals surface area contributed by atoms with E-state index in [1.807, 2.05) is 65.6 Å². The van der Waals surface area contributed by atoms with E-state index in [1.165, 1.54) is 0 Å². The van der Waals surface area contributed by atoms with E-state index in [9.17, 15) is 4.79 Å². The van der Waals surface area contributed by atoms with Crippen molar-refractivity contribution < 1.29 is 18.8 Å². The highest BCUT2D eigenvalue weighted by Crippen LogP contribution is 2.28. The normalized spacial score (nSPS) is 10.8. The number of hydrogen-bond donors (Lipinski definition) is 0. The van der Waals surface area contributed by atoms with Crippen molar-refractivity contribution in [1.29, 1.82) is 0 Å². The maximum absolute atomic E-state index is 13.2. The molecule has 0 fully saturated rings. The van der Waals surface area contributed by atoms with Crippen molar-refractivity contribution in [1.82, 2.24) is 15.0 Å². The molecule has 1 heterocycles. The van der Waals surface area contributed by atoms with Crippen molar-refractivity contribution in [2.75, 3.05) is 27.3 Å². The van der Waals surface area contributed by atoms with Crippen molar-refractivity contribution in [2.45, 2.75) is 25.7 Å². The lowest BCUT2D eigenvalue weighted by Crippen LogP contribution is -2.35. The van der Waals surface area contributed by atoms with Crippen LogP contribution in [0.3, 0.4) is 0 Å². The maximum Gasteiger partial charge on any atom is 0.228 e. The first-order chi connectivity index (χ1) is 18.1. The van der Waals surface area contributed by atoms with E-state index >= 15 is 0 Å². The lowest BCUT2D eigenvalue weighted by Gasteiger charge is -2.22. The van der Waals surface area contributed by atoms with Gasteiger partial charge in [0.2, 0.25) is 17.6 Å². The molecule has 0 aliphatic carbocycles. The van der Waals surface area contributed by atoms with Gasteiger partial charge in [0.15, 0.2) is 11.5 Å². The molecule has 1 amide bonds. The summed E-state index contributed by atoms with van der Waals surface area (Å²) >= 11 is 6.09. The number of ether oxygens (including phenoxy) is 2. The molecule has 0 radical (unpaired) electrons. The van der Waals surface area contributed by atoms with E-state index in [-0.39, 0.29) is 5.91 Å². The largest absolute Gasteiger partial charge is 0.493 e. The third-order valence-corrected chi connectivity index (χ3v) is 6.32. The fourth-order valence-corrected chi connectivity index (χ4v) is 4.24. The van der Waals surface area contributed by atoms with Crippen molar-refractivity contribution in [3.63, 3.8) is 0 Å². The van der Waals surface area contributed by atoms with E-state index in [1.54, 1.807) is 26.4 Å². The topological polar surface area (TPSA) is 77.7 Å². The minimum Gasteiger partial charge on any atom is -0.493 e. The highest BCUT2D eigenvalue weighted by molar-refractivity contribution is 6.30. The SMILES string of the molecule is COc1ccc(CCN(CCc2nc(-c3cccc(Cl)c3)no2)C(=O)CCc2ccccc2)cc1OC. The number of hydrogen-bond acceptors (Lipinski definition) is 6. The van der Waals surface area contributed by atoms with Crippen molar-refractivity contribution in [3.05, 3.63) is 94.8 Å². The molecule has 0 unspecified atom stereocenters. The smallest absolute Gasteiger partial charge is 0.228 e. The highest BCUT2D eigenvalue weighted by Gasteiger charge is 2.17. The number of benzene rings is 3. The van der Waals surface area contributed by atoms with Crippen molar-refractivity contribution in [2.24, 2.45) is 0 Å². The Bertz CT molecular complexity index is 1310. The highest BCUT2D eigenvalue weighted by atomic mass is 35.5. The zero-order chi connectivity index (χ0) is 26.0. The summed E-state index contributed by atoms with van der Waals surface area (Å²) in [6.45, 7) is 1.02. The molecule has 0 saturated carbocycles. The van der Waals surface area contributed by atoms with Gasteiger partial charge in [0.25, 0.3) is 0 Å². The Balaban J connectivity index is 1.43. The molecule has 4 rings (SSSR count). The summed E-state index contributed by atoms with van der Waals surface area (Å²) in [4.78, 5) is 19.6. The first-order valence-electron chi connectivity index (χ1n) is 12.2. The second-order valence-electron chi connectivity index (χ2n) is 8.58. The number of aromatic nitrogens is 2. The van der Waals surface area contributed by atoms with E-state index in [0.717, 1.165) is 16.7 Å². The van der Waals surface area contributed by atoms with Crippen LogP contribution in [0, 0.1) is 0 Å². The van der Waals surface area contributed by atoms with Crippen molar-refractivity contribution in [3.8, 4) is 22.9 Å². The third kappa shape index (κ3) is 7.33. The summed E-state index contributed by atoms with van der Waals surface area (Å²) in [6.07, 6.45) is 2.24. The molecule has 8 heteroatoms. The van der Waals surface area contributed by atoms with Gasteiger partial charge in [-0.1, -0.05) is 65.3 Å². The summed E-state index contributed by atoms with van der Waals surface area (Å²) in [5, 5.41) is 4.69. The van der Waals surface area contributed by atoms with Crippen LogP contribution in [0.2, 0.25) is 5.02 Å². The van der Waals surface area contributed by atoms with Gasteiger partial charge in [-0.2, -0.15) is 4.98 Å². The molecular formula is C29H30ClN3O4. The summed E-state index contributed by atoms with van der Waals surface area (Å²) in [7, 11) is 3.23. The van der Waals surface area contributed by atoms with Gasteiger partial charge in [0.1, 0.15) is 0 Å². The number of carbonyl (C=O) groups excluding carboxylic acids is 1. The molecule has 0 atom stereocenters. The Kier molecular flexibility index (Phi) is 9.16. The summed E-state index contributed by atoms with van der Waals surface area (Å²) in [5.41, 5.74) is 2.98. The van der Waals surface area contributed by atoms with Crippen LogP contribution in [0.1, 0.15) is 23.4 Å². The zero-order valence-electron chi connectivity index (χ0n) is 21.0. The van der Waals surface area contributed by atoms with E-state index in [4.69, 9.17) is 25.6 Å². The van der Waals surface area contributed by atoms with Crippen LogP contribution in [0.5, 0.6) is 11.5 Å². The van der Waals surface area contributed by atoms with Crippen LogP contribution < -0.4 is 9.47 Å². The second kappa shape index (κ2) is 12.9. The molecule has 3 aromatic carbocycles. The molecule has 0 saturated heterocycles. The van der Waals surface area contributed by atoms with Gasteiger partial charge >= 0.3 is 0 Å². The zero-order valence-corrected chi connectivity index (χ0v) is 21.8. The Morgan fingerprint density at radius 2 is 1.65 bits per heavy atom. The summed E-state index contributed by atoms with van der Waals surface area (Å²) in [6, 6.07) is 23.1. The minimum absolute atomic E-state index is 0.0823. The second-order valence-corrected chi connectivity index (χ2v) is 9.01. The number of aryl methyl sites for hydroxylation is 1. The molecule has 7 nitrogen and oxygen atoms in total. The summed E-state index contributed by atoms with van der Waals surface area (Å²) < 4.78 is 16.2. The lowest BCUT2D eigenvalue weighted by atomic mass is 10.1. The number of halogens is 1. The van der Waals surface area contributed by atoms with E-state index in [2.05, 4.69) is 10.1 Å². The molecule has 0 spiro atoms. The van der Waals surface area contributed by atoms with Crippen LogP contribution in [0.25, 0.3) is 11.4 Å². The van der Waals surface area contributed by atoms with Crippen molar-refractivity contribution >= 4 is 17.5 Å². The molecule has 0 bridgehead atoms. The monoisotopic (exact) mass is 519 g/mol. The number of rotatable bonds is 12.